The van der Waals surface area contributed by atoms with Gasteiger partial charge >= 0.3 is 0 Å². The van der Waals surface area contributed by atoms with Crippen LogP contribution >= 0.6 is 11.6 Å². The van der Waals surface area contributed by atoms with E-state index in [4.69, 9.17) is 11.6 Å². The fraction of sp³-hybridized carbons (Fsp3) is 0.600. The lowest BCUT2D eigenvalue weighted by molar-refractivity contribution is 0.134. The first-order chi connectivity index (χ1) is 9.06. The van der Waals surface area contributed by atoms with Gasteiger partial charge in [-0.05, 0) is 30.0 Å². The normalized spacial score (nSPS) is 21.0. The lowest BCUT2D eigenvalue weighted by Gasteiger charge is -2.37. The average molecular weight is 285 g/mol. The minimum absolute atomic E-state index is 0.271. The Kier molecular flexibility index (Phi) is 5.20. The Balaban J connectivity index is 2.06. The number of piperazine rings is 1. The predicted octanol–water partition coefficient (Wildman–Crippen LogP) is 3.30. The topological polar surface area (TPSA) is 15.3 Å². The Hall–Kier alpha value is -0.640. The summed E-state index contributed by atoms with van der Waals surface area (Å²) < 4.78 is 13.1. The zero-order chi connectivity index (χ0) is 13.8. The van der Waals surface area contributed by atoms with Gasteiger partial charge in [0.15, 0.2) is 0 Å². The van der Waals surface area contributed by atoms with Crippen molar-refractivity contribution in [2.24, 2.45) is 5.92 Å². The molecule has 1 aliphatic heterocycles. The predicted molar refractivity (Wildman–Crippen MR) is 77.9 cm³/mol. The quantitative estimate of drug-likeness (QED) is 0.913. The molecule has 4 heteroatoms. The third-order valence-electron chi connectivity index (χ3n) is 3.60. The van der Waals surface area contributed by atoms with Gasteiger partial charge in [0.2, 0.25) is 0 Å². The number of nitrogens with zero attached hydrogens (tertiary/aromatic N) is 1. The SMILES string of the molecule is CC(C)CC1CNCCN1Cc1ccc(F)cc1Cl. The molecule has 1 heterocycles. The van der Waals surface area contributed by atoms with Crippen molar-refractivity contribution in [3.8, 4) is 0 Å². The molecule has 0 bridgehead atoms. The summed E-state index contributed by atoms with van der Waals surface area (Å²) in [4.78, 5) is 2.45. The van der Waals surface area contributed by atoms with Crippen LogP contribution in [0.4, 0.5) is 4.39 Å². The Morgan fingerprint density at radius 3 is 2.95 bits per heavy atom. The molecule has 106 valence electrons. The van der Waals surface area contributed by atoms with E-state index in [9.17, 15) is 4.39 Å². The van der Waals surface area contributed by atoms with Gasteiger partial charge < -0.3 is 5.32 Å². The number of rotatable bonds is 4. The summed E-state index contributed by atoms with van der Waals surface area (Å²) in [6, 6.07) is 5.22. The molecule has 0 saturated carbocycles. The number of hydrogen-bond acceptors (Lipinski definition) is 2. The zero-order valence-corrected chi connectivity index (χ0v) is 12.4. The van der Waals surface area contributed by atoms with Crippen molar-refractivity contribution in [3.05, 3.63) is 34.6 Å². The Bertz CT molecular complexity index is 423. The van der Waals surface area contributed by atoms with Gasteiger partial charge in [-0.15, -0.1) is 0 Å². The van der Waals surface area contributed by atoms with Crippen LogP contribution in [0, 0.1) is 11.7 Å². The standard InChI is InChI=1S/C15H22ClFN2/c1-11(2)7-14-9-18-5-6-19(14)10-12-3-4-13(17)8-15(12)16/h3-4,8,11,14,18H,5-7,9-10H2,1-2H3. The highest BCUT2D eigenvalue weighted by atomic mass is 35.5. The van der Waals surface area contributed by atoms with Crippen LogP contribution in [0.2, 0.25) is 5.02 Å². The van der Waals surface area contributed by atoms with Gasteiger partial charge in [0.25, 0.3) is 0 Å². The summed E-state index contributed by atoms with van der Waals surface area (Å²) in [6.07, 6.45) is 1.17. The second-order valence-corrected chi connectivity index (χ2v) is 6.10. The molecule has 0 amide bonds. The van der Waals surface area contributed by atoms with Crippen LogP contribution in [0.3, 0.4) is 0 Å². The molecule has 0 spiro atoms. The molecule has 1 unspecified atom stereocenters. The van der Waals surface area contributed by atoms with E-state index in [1.807, 2.05) is 0 Å². The molecule has 1 aromatic rings. The highest BCUT2D eigenvalue weighted by Crippen LogP contribution is 2.22. The molecule has 1 fully saturated rings. The van der Waals surface area contributed by atoms with Crippen molar-refractivity contribution in [1.29, 1.82) is 0 Å². The summed E-state index contributed by atoms with van der Waals surface area (Å²) in [7, 11) is 0. The smallest absolute Gasteiger partial charge is 0.124 e. The van der Waals surface area contributed by atoms with Crippen molar-refractivity contribution in [1.82, 2.24) is 10.2 Å². The van der Waals surface area contributed by atoms with E-state index in [2.05, 4.69) is 24.1 Å². The molecule has 0 aliphatic carbocycles. The van der Waals surface area contributed by atoms with Crippen molar-refractivity contribution in [2.75, 3.05) is 19.6 Å². The molecular weight excluding hydrogens is 263 g/mol. The van der Waals surface area contributed by atoms with E-state index in [0.717, 1.165) is 31.7 Å². The molecule has 19 heavy (non-hydrogen) atoms. The van der Waals surface area contributed by atoms with Crippen LogP contribution < -0.4 is 5.32 Å². The number of hydrogen-bond donors (Lipinski definition) is 1. The largest absolute Gasteiger partial charge is 0.314 e. The van der Waals surface area contributed by atoms with Gasteiger partial charge in [0.05, 0.1) is 0 Å². The van der Waals surface area contributed by atoms with E-state index >= 15 is 0 Å². The molecule has 2 nitrogen and oxygen atoms in total. The first kappa shape index (κ1) is 14.8. The Morgan fingerprint density at radius 2 is 2.26 bits per heavy atom. The van der Waals surface area contributed by atoms with Crippen LogP contribution in [0.15, 0.2) is 18.2 Å². The maximum absolute atomic E-state index is 13.1. The molecule has 1 saturated heterocycles. The van der Waals surface area contributed by atoms with E-state index in [1.54, 1.807) is 6.07 Å². The van der Waals surface area contributed by atoms with Gasteiger partial charge in [0, 0.05) is 37.2 Å². The fourth-order valence-corrected chi connectivity index (χ4v) is 2.88. The molecule has 1 atom stereocenters. The second-order valence-electron chi connectivity index (χ2n) is 5.69. The summed E-state index contributed by atoms with van der Waals surface area (Å²) in [5, 5.41) is 3.97. The Labute approximate surface area is 119 Å². The van der Waals surface area contributed by atoms with Crippen molar-refractivity contribution in [3.63, 3.8) is 0 Å². The average Bonchev–Trinajstić information content (AvgIpc) is 2.34. The fourth-order valence-electron chi connectivity index (χ4n) is 2.66. The molecular formula is C15H22ClFN2. The highest BCUT2D eigenvalue weighted by Gasteiger charge is 2.23. The van der Waals surface area contributed by atoms with Crippen LogP contribution in [0.5, 0.6) is 0 Å². The second kappa shape index (κ2) is 6.69. The van der Waals surface area contributed by atoms with Gasteiger partial charge in [0.1, 0.15) is 5.82 Å². The molecule has 1 aliphatic rings. The molecule has 0 aromatic heterocycles. The summed E-state index contributed by atoms with van der Waals surface area (Å²) in [5.74, 6) is 0.406. The van der Waals surface area contributed by atoms with Crippen LogP contribution in [0.25, 0.3) is 0 Å². The van der Waals surface area contributed by atoms with Crippen LogP contribution in [0.1, 0.15) is 25.8 Å². The summed E-state index contributed by atoms with van der Waals surface area (Å²) >= 11 is 6.12. The first-order valence-corrected chi connectivity index (χ1v) is 7.32. The monoisotopic (exact) mass is 284 g/mol. The maximum atomic E-state index is 13.1. The third kappa shape index (κ3) is 4.16. The minimum atomic E-state index is -0.271. The highest BCUT2D eigenvalue weighted by molar-refractivity contribution is 6.31. The number of benzene rings is 1. The van der Waals surface area contributed by atoms with Gasteiger partial charge in [-0.3, -0.25) is 4.90 Å². The number of nitrogens with one attached hydrogen (secondary N) is 1. The molecule has 2 rings (SSSR count). The van der Waals surface area contributed by atoms with Crippen LogP contribution in [-0.4, -0.2) is 30.6 Å². The summed E-state index contributed by atoms with van der Waals surface area (Å²) in [6.45, 7) is 8.35. The van der Waals surface area contributed by atoms with Crippen molar-refractivity contribution in [2.45, 2.75) is 32.9 Å². The van der Waals surface area contributed by atoms with Gasteiger partial charge in [-0.2, -0.15) is 0 Å². The maximum Gasteiger partial charge on any atom is 0.124 e. The van der Waals surface area contributed by atoms with Crippen molar-refractivity contribution >= 4 is 11.6 Å². The minimum Gasteiger partial charge on any atom is -0.314 e. The van der Waals surface area contributed by atoms with E-state index in [-0.39, 0.29) is 5.82 Å². The van der Waals surface area contributed by atoms with E-state index in [0.29, 0.717) is 17.0 Å². The number of halogens is 2. The van der Waals surface area contributed by atoms with Gasteiger partial charge in [-0.25, -0.2) is 4.39 Å². The van der Waals surface area contributed by atoms with Crippen molar-refractivity contribution < 1.29 is 4.39 Å². The lowest BCUT2D eigenvalue weighted by atomic mass is 10.00. The lowest BCUT2D eigenvalue weighted by Crippen LogP contribution is -2.51. The first-order valence-electron chi connectivity index (χ1n) is 6.95. The Morgan fingerprint density at radius 1 is 1.47 bits per heavy atom. The molecule has 0 radical (unpaired) electrons. The third-order valence-corrected chi connectivity index (χ3v) is 3.96. The zero-order valence-electron chi connectivity index (χ0n) is 11.6. The van der Waals surface area contributed by atoms with E-state index < -0.39 is 0 Å². The molecule has 1 N–H and O–H groups in total. The molecule has 1 aromatic carbocycles. The van der Waals surface area contributed by atoms with Gasteiger partial charge in [-0.1, -0.05) is 31.5 Å². The van der Waals surface area contributed by atoms with E-state index in [1.165, 1.54) is 18.6 Å². The summed E-state index contributed by atoms with van der Waals surface area (Å²) in [5.41, 5.74) is 1.01. The van der Waals surface area contributed by atoms with Crippen LogP contribution in [-0.2, 0) is 6.54 Å².